The third-order valence-electron chi connectivity index (χ3n) is 2.77. The molecule has 5 heteroatoms. The molecule has 90 valence electrons. The first-order chi connectivity index (χ1) is 7.66. The van der Waals surface area contributed by atoms with Gasteiger partial charge in [-0.2, -0.15) is 0 Å². The maximum atomic E-state index is 9.40. The molecule has 16 heavy (non-hydrogen) atoms. The van der Waals surface area contributed by atoms with Gasteiger partial charge >= 0.3 is 0 Å². The standard InChI is InChI=1S/C11H18N2O2S/c1-8(14)10-7-16-11(12-10)13(2)6-9-4-3-5-15-9/h7-9,14H,3-6H2,1-2H3. The van der Waals surface area contributed by atoms with E-state index >= 15 is 0 Å². The van der Waals surface area contributed by atoms with Crippen molar-refractivity contribution in [2.45, 2.75) is 32.0 Å². The minimum atomic E-state index is -0.485. The molecule has 0 amide bonds. The van der Waals surface area contributed by atoms with Gasteiger partial charge < -0.3 is 14.7 Å². The van der Waals surface area contributed by atoms with Crippen molar-refractivity contribution in [1.29, 1.82) is 0 Å². The van der Waals surface area contributed by atoms with Crippen LogP contribution in [-0.4, -0.2) is 36.4 Å². The molecule has 2 unspecified atom stereocenters. The predicted octanol–water partition coefficient (Wildman–Crippen LogP) is 1.81. The van der Waals surface area contributed by atoms with Crippen LogP contribution in [0.3, 0.4) is 0 Å². The van der Waals surface area contributed by atoms with Crippen molar-refractivity contribution in [3.05, 3.63) is 11.1 Å². The molecular formula is C11H18N2O2S. The maximum Gasteiger partial charge on any atom is 0.185 e. The Bertz CT molecular complexity index is 334. The van der Waals surface area contributed by atoms with Crippen LogP contribution in [0, 0.1) is 0 Å². The summed E-state index contributed by atoms with van der Waals surface area (Å²) in [6.45, 7) is 3.50. The van der Waals surface area contributed by atoms with Gasteiger partial charge in [0.05, 0.1) is 17.9 Å². The van der Waals surface area contributed by atoms with E-state index in [4.69, 9.17) is 4.74 Å². The zero-order valence-corrected chi connectivity index (χ0v) is 10.5. The van der Waals surface area contributed by atoms with E-state index in [1.807, 2.05) is 12.4 Å². The van der Waals surface area contributed by atoms with Gasteiger partial charge in [0.2, 0.25) is 0 Å². The molecular weight excluding hydrogens is 224 g/mol. The molecule has 2 rings (SSSR count). The molecule has 0 radical (unpaired) electrons. The van der Waals surface area contributed by atoms with E-state index in [9.17, 15) is 5.11 Å². The number of hydrogen-bond donors (Lipinski definition) is 1. The van der Waals surface area contributed by atoms with Gasteiger partial charge in [0.15, 0.2) is 5.13 Å². The van der Waals surface area contributed by atoms with Crippen LogP contribution in [0.25, 0.3) is 0 Å². The summed E-state index contributed by atoms with van der Waals surface area (Å²) in [5.74, 6) is 0. The smallest absolute Gasteiger partial charge is 0.185 e. The average Bonchev–Trinajstić information content (AvgIpc) is 2.86. The second-order valence-electron chi connectivity index (χ2n) is 4.25. The molecule has 1 N–H and O–H groups in total. The number of ether oxygens (including phenoxy) is 1. The summed E-state index contributed by atoms with van der Waals surface area (Å²) in [6.07, 6.45) is 2.15. The quantitative estimate of drug-likeness (QED) is 0.874. The van der Waals surface area contributed by atoms with E-state index in [0.29, 0.717) is 6.10 Å². The molecule has 1 fully saturated rings. The van der Waals surface area contributed by atoms with Crippen LogP contribution in [-0.2, 0) is 4.74 Å². The summed E-state index contributed by atoms with van der Waals surface area (Å²) in [4.78, 5) is 6.49. The average molecular weight is 242 g/mol. The van der Waals surface area contributed by atoms with E-state index in [-0.39, 0.29) is 0 Å². The second-order valence-corrected chi connectivity index (χ2v) is 5.08. The Balaban J connectivity index is 1.94. The van der Waals surface area contributed by atoms with Gasteiger partial charge in [-0.15, -0.1) is 11.3 Å². The highest BCUT2D eigenvalue weighted by atomic mass is 32.1. The Kier molecular flexibility index (Phi) is 3.78. The van der Waals surface area contributed by atoms with E-state index in [0.717, 1.165) is 36.8 Å². The fraction of sp³-hybridized carbons (Fsp3) is 0.727. The monoisotopic (exact) mass is 242 g/mol. The molecule has 1 aliphatic heterocycles. The number of thiazole rings is 1. The lowest BCUT2D eigenvalue weighted by atomic mass is 10.2. The second kappa shape index (κ2) is 5.12. The lowest BCUT2D eigenvalue weighted by molar-refractivity contribution is 0.116. The molecule has 1 aromatic rings. The summed E-state index contributed by atoms with van der Waals surface area (Å²) in [7, 11) is 2.02. The molecule has 0 aromatic carbocycles. The first-order valence-electron chi connectivity index (χ1n) is 5.63. The molecule has 1 aliphatic rings. The molecule has 0 spiro atoms. The molecule has 0 bridgehead atoms. The van der Waals surface area contributed by atoms with Crippen molar-refractivity contribution in [3.8, 4) is 0 Å². The Morgan fingerprint density at radius 1 is 1.75 bits per heavy atom. The van der Waals surface area contributed by atoms with Crippen molar-refractivity contribution < 1.29 is 9.84 Å². The van der Waals surface area contributed by atoms with Gasteiger partial charge in [-0.1, -0.05) is 0 Å². The van der Waals surface area contributed by atoms with Gasteiger partial charge in [0, 0.05) is 25.6 Å². The van der Waals surface area contributed by atoms with E-state index in [1.165, 1.54) is 0 Å². The highest BCUT2D eigenvalue weighted by Gasteiger charge is 2.19. The third-order valence-corrected chi connectivity index (χ3v) is 3.74. The van der Waals surface area contributed by atoms with Crippen LogP contribution in [0.1, 0.15) is 31.6 Å². The zero-order valence-electron chi connectivity index (χ0n) is 9.72. The van der Waals surface area contributed by atoms with E-state index < -0.39 is 6.10 Å². The highest BCUT2D eigenvalue weighted by Crippen LogP contribution is 2.24. The first kappa shape index (κ1) is 11.8. The minimum Gasteiger partial charge on any atom is -0.387 e. The summed E-state index contributed by atoms with van der Waals surface area (Å²) in [6, 6.07) is 0. The van der Waals surface area contributed by atoms with Gasteiger partial charge in [-0.05, 0) is 19.8 Å². The predicted molar refractivity (Wildman–Crippen MR) is 65.0 cm³/mol. The molecule has 1 aromatic heterocycles. The molecule has 0 aliphatic carbocycles. The van der Waals surface area contributed by atoms with Gasteiger partial charge in [0.25, 0.3) is 0 Å². The number of nitrogens with zero attached hydrogens (tertiary/aromatic N) is 2. The zero-order chi connectivity index (χ0) is 11.5. The lowest BCUT2D eigenvalue weighted by Crippen LogP contribution is -2.28. The highest BCUT2D eigenvalue weighted by molar-refractivity contribution is 7.13. The van der Waals surface area contributed by atoms with E-state index in [1.54, 1.807) is 18.3 Å². The first-order valence-corrected chi connectivity index (χ1v) is 6.51. The van der Waals surface area contributed by atoms with Crippen molar-refractivity contribution in [2.24, 2.45) is 0 Å². The number of aliphatic hydroxyl groups excluding tert-OH is 1. The molecule has 1 saturated heterocycles. The number of aromatic nitrogens is 1. The van der Waals surface area contributed by atoms with Crippen LogP contribution in [0.15, 0.2) is 5.38 Å². The van der Waals surface area contributed by atoms with Crippen LogP contribution in [0.4, 0.5) is 5.13 Å². The van der Waals surface area contributed by atoms with Crippen LogP contribution in [0.2, 0.25) is 0 Å². The number of aliphatic hydroxyl groups is 1. The van der Waals surface area contributed by atoms with Crippen molar-refractivity contribution in [3.63, 3.8) is 0 Å². The maximum absolute atomic E-state index is 9.40. The SMILES string of the molecule is CC(O)c1csc(N(C)CC2CCCO2)n1. The summed E-state index contributed by atoms with van der Waals surface area (Å²) in [5, 5.41) is 12.3. The van der Waals surface area contributed by atoms with Crippen LogP contribution in [0.5, 0.6) is 0 Å². The van der Waals surface area contributed by atoms with Crippen molar-refractivity contribution in [1.82, 2.24) is 4.98 Å². The number of rotatable bonds is 4. The van der Waals surface area contributed by atoms with Crippen molar-refractivity contribution >= 4 is 16.5 Å². The molecule has 2 atom stereocenters. The Hall–Kier alpha value is -0.650. The molecule has 2 heterocycles. The van der Waals surface area contributed by atoms with Gasteiger partial charge in [-0.3, -0.25) is 0 Å². The minimum absolute atomic E-state index is 0.337. The summed E-state index contributed by atoms with van der Waals surface area (Å²) < 4.78 is 5.59. The Labute approximate surface area is 99.9 Å². The third kappa shape index (κ3) is 2.72. The van der Waals surface area contributed by atoms with Gasteiger partial charge in [-0.25, -0.2) is 4.98 Å². The van der Waals surface area contributed by atoms with E-state index in [2.05, 4.69) is 9.88 Å². The topological polar surface area (TPSA) is 45.6 Å². The summed E-state index contributed by atoms with van der Waals surface area (Å²) in [5.41, 5.74) is 0.749. The normalized spacial score (nSPS) is 22.3. The molecule has 4 nitrogen and oxygen atoms in total. The number of hydrogen-bond acceptors (Lipinski definition) is 5. The molecule has 0 saturated carbocycles. The number of anilines is 1. The largest absolute Gasteiger partial charge is 0.387 e. The fourth-order valence-corrected chi connectivity index (χ4v) is 2.70. The summed E-state index contributed by atoms with van der Waals surface area (Å²) >= 11 is 1.57. The van der Waals surface area contributed by atoms with Crippen LogP contribution < -0.4 is 4.90 Å². The van der Waals surface area contributed by atoms with Crippen molar-refractivity contribution in [2.75, 3.05) is 25.1 Å². The van der Waals surface area contributed by atoms with Crippen LogP contribution >= 0.6 is 11.3 Å². The Morgan fingerprint density at radius 3 is 3.12 bits per heavy atom. The Morgan fingerprint density at radius 2 is 2.56 bits per heavy atom. The number of likely N-dealkylation sites (N-methyl/N-ethyl adjacent to an activating group) is 1. The lowest BCUT2D eigenvalue weighted by Gasteiger charge is -2.19. The fourth-order valence-electron chi connectivity index (χ4n) is 1.82. The van der Waals surface area contributed by atoms with Gasteiger partial charge in [0.1, 0.15) is 0 Å².